The van der Waals surface area contributed by atoms with Crippen molar-refractivity contribution in [2.45, 2.75) is 6.04 Å². The van der Waals surface area contributed by atoms with Gasteiger partial charge in [-0.25, -0.2) is 4.52 Å². The van der Waals surface area contributed by atoms with Crippen molar-refractivity contribution in [1.29, 1.82) is 5.26 Å². The van der Waals surface area contributed by atoms with Gasteiger partial charge in [-0.3, -0.25) is 14.4 Å². The maximum Gasteiger partial charge on any atom is 0.246 e. The van der Waals surface area contributed by atoms with E-state index in [1.807, 2.05) is 53.1 Å². The summed E-state index contributed by atoms with van der Waals surface area (Å²) in [7, 11) is 5.57. The lowest BCUT2D eigenvalue weighted by atomic mass is 9.96. The van der Waals surface area contributed by atoms with Gasteiger partial charge in [-0.05, 0) is 20.2 Å². The average molecular weight is 475 g/mol. The minimum absolute atomic E-state index is 0.113. The summed E-state index contributed by atoms with van der Waals surface area (Å²) in [6.07, 6.45) is 11.0. The molecule has 1 amide bonds. The number of amides is 1. The van der Waals surface area contributed by atoms with E-state index in [4.69, 9.17) is 4.74 Å². The number of ether oxygens (including phenoxy) is 1. The third-order valence-corrected chi connectivity index (χ3v) is 6.68. The molecule has 10 heteroatoms. The maximum absolute atomic E-state index is 12.2. The molecule has 2 saturated heterocycles. The van der Waals surface area contributed by atoms with E-state index in [1.165, 1.54) is 0 Å². The predicted octanol–water partition coefficient (Wildman–Crippen LogP) is 1.51. The van der Waals surface area contributed by atoms with Gasteiger partial charge in [-0.15, -0.1) is 0 Å². The Morgan fingerprint density at radius 2 is 2.00 bits per heavy atom. The van der Waals surface area contributed by atoms with Gasteiger partial charge in [0.25, 0.3) is 0 Å². The van der Waals surface area contributed by atoms with Crippen LogP contribution in [0.15, 0.2) is 43.0 Å². The van der Waals surface area contributed by atoms with Gasteiger partial charge in [0.15, 0.2) is 0 Å². The van der Waals surface area contributed by atoms with E-state index in [0.29, 0.717) is 28.8 Å². The summed E-state index contributed by atoms with van der Waals surface area (Å²) in [6.45, 7) is 5.39. The Hall–Kier alpha value is -3.68. The molecule has 5 heterocycles. The third kappa shape index (κ3) is 4.65. The fraction of sp³-hybridized carbons (Fsp3) is 0.440. The molecule has 0 atom stereocenters. The quantitative estimate of drug-likeness (QED) is 0.457. The van der Waals surface area contributed by atoms with Crippen molar-refractivity contribution in [3.05, 3.63) is 48.6 Å². The summed E-state index contributed by atoms with van der Waals surface area (Å²) < 4.78 is 9.23. The molecule has 182 valence electrons. The third-order valence-electron chi connectivity index (χ3n) is 6.68. The Balaban J connectivity index is 1.14. The van der Waals surface area contributed by atoms with Crippen LogP contribution in [-0.4, -0.2) is 100 Å². The van der Waals surface area contributed by atoms with Crippen LogP contribution in [0.4, 0.5) is 0 Å². The van der Waals surface area contributed by atoms with Crippen molar-refractivity contribution >= 4 is 11.4 Å². The van der Waals surface area contributed by atoms with Gasteiger partial charge in [0.2, 0.25) is 5.91 Å². The molecule has 10 nitrogen and oxygen atoms in total. The summed E-state index contributed by atoms with van der Waals surface area (Å²) in [5.74, 6) is 1.27. The number of pyridine rings is 1. The van der Waals surface area contributed by atoms with Crippen LogP contribution in [0.1, 0.15) is 11.6 Å². The summed E-state index contributed by atoms with van der Waals surface area (Å²) in [5, 5.41) is 18.2. The minimum Gasteiger partial charge on any atom is -0.494 e. The lowest BCUT2D eigenvalue weighted by Gasteiger charge is -2.46. The summed E-state index contributed by atoms with van der Waals surface area (Å²) in [4.78, 5) is 18.6. The van der Waals surface area contributed by atoms with E-state index in [-0.39, 0.29) is 5.91 Å². The highest BCUT2D eigenvalue weighted by Crippen LogP contribution is 2.31. The van der Waals surface area contributed by atoms with Crippen LogP contribution in [0.25, 0.3) is 16.6 Å². The first kappa shape index (κ1) is 23.1. The minimum atomic E-state index is 0.113. The number of aromatic nitrogens is 4. The molecular weight excluding hydrogens is 444 g/mol. The number of hydrogen-bond acceptors (Lipinski definition) is 7. The zero-order valence-corrected chi connectivity index (χ0v) is 20.3. The summed E-state index contributed by atoms with van der Waals surface area (Å²) in [5.41, 5.74) is 3.07. The standard InChI is InChI=1S/C25H30N8O2/c1-29(2)6-4-5-24(34)31-12-18(13-31)11-30-16-22(17-30)32-15-21(10-27-32)19-7-23(35-3)25-20(8-26)9-28-33(25)14-19/h4-5,7,9-10,14-15,18,22H,6,11-13,16-17H2,1-3H3/b5-4+. The Labute approximate surface area is 204 Å². The second-order valence-corrected chi connectivity index (χ2v) is 9.62. The lowest BCUT2D eigenvalue weighted by molar-refractivity contribution is -0.133. The highest BCUT2D eigenvalue weighted by atomic mass is 16.5. The first-order valence-corrected chi connectivity index (χ1v) is 11.8. The number of rotatable bonds is 8. The fourth-order valence-electron chi connectivity index (χ4n) is 4.73. The first-order chi connectivity index (χ1) is 16.9. The number of carbonyl (C=O) groups is 1. The van der Waals surface area contributed by atoms with Crippen LogP contribution in [0.5, 0.6) is 5.75 Å². The van der Waals surface area contributed by atoms with Gasteiger partial charge in [0.05, 0.1) is 25.5 Å². The zero-order valence-electron chi connectivity index (χ0n) is 20.3. The lowest BCUT2D eigenvalue weighted by Crippen LogP contribution is -2.57. The molecule has 0 N–H and O–H groups in total. The van der Waals surface area contributed by atoms with Crippen LogP contribution in [0.2, 0.25) is 0 Å². The Morgan fingerprint density at radius 3 is 2.71 bits per heavy atom. The van der Waals surface area contributed by atoms with Crippen LogP contribution >= 0.6 is 0 Å². The topological polar surface area (TPSA) is 94.9 Å². The SMILES string of the molecule is COc1cc(-c2cnn(C3CN(CC4CN(C(=O)/C=C/CN(C)C)C4)C3)c2)cn2ncc(C#N)c12. The largest absolute Gasteiger partial charge is 0.494 e. The van der Waals surface area contributed by atoms with Crippen molar-refractivity contribution in [3.63, 3.8) is 0 Å². The van der Waals surface area contributed by atoms with Gasteiger partial charge in [-0.1, -0.05) is 6.08 Å². The smallest absolute Gasteiger partial charge is 0.246 e. The van der Waals surface area contributed by atoms with Crippen molar-refractivity contribution < 1.29 is 9.53 Å². The number of fused-ring (bicyclic) bond motifs is 1. The van der Waals surface area contributed by atoms with Gasteiger partial charge in [0, 0.05) is 74.8 Å². The number of nitrogens with zero attached hydrogens (tertiary/aromatic N) is 8. The highest BCUT2D eigenvalue weighted by molar-refractivity contribution is 5.88. The van der Waals surface area contributed by atoms with Gasteiger partial charge < -0.3 is 14.5 Å². The van der Waals surface area contributed by atoms with Gasteiger partial charge in [0.1, 0.15) is 22.9 Å². The van der Waals surface area contributed by atoms with Crippen LogP contribution in [0.3, 0.4) is 0 Å². The highest BCUT2D eigenvalue weighted by Gasteiger charge is 2.35. The van der Waals surface area contributed by atoms with Crippen LogP contribution < -0.4 is 4.74 Å². The van der Waals surface area contributed by atoms with Crippen molar-refractivity contribution in [1.82, 2.24) is 34.1 Å². The molecule has 2 aliphatic heterocycles. The molecule has 0 bridgehead atoms. The van der Waals surface area contributed by atoms with Crippen LogP contribution in [0, 0.1) is 17.2 Å². The predicted molar refractivity (Wildman–Crippen MR) is 131 cm³/mol. The van der Waals surface area contributed by atoms with Crippen molar-refractivity contribution in [3.8, 4) is 22.9 Å². The Bertz CT molecular complexity index is 1290. The number of likely N-dealkylation sites (N-methyl/N-ethyl adjacent to an activating group) is 1. The molecule has 3 aromatic heterocycles. The summed E-state index contributed by atoms with van der Waals surface area (Å²) >= 11 is 0. The summed E-state index contributed by atoms with van der Waals surface area (Å²) in [6, 6.07) is 4.42. The van der Waals surface area contributed by atoms with E-state index in [9.17, 15) is 10.1 Å². The second kappa shape index (κ2) is 9.52. The van der Waals surface area contributed by atoms with E-state index in [1.54, 1.807) is 23.9 Å². The number of carbonyl (C=O) groups excluding carboxylic acids is 1. The van der Waals surface area contributed by atoms with E-state index in [0.717, 1.165) is 50.4 Å². The molecular formula is C25H30N8O2. The zero-order chi connectivity index (χ0) is 24.5. The molecule has 0 spiro atoms. The molecule has 0 aliphatic carbocycles. The molecule has 2 fully saturated rings. The normalized spacial score (nSPS) is 17.2. The molecule has 0 aromatic carbocycles. The van der Waals surface area contributed by atoms with Crippen molar-refractivity contribution in [2.24, 2.45) is 5.92 Å². The monoisotopic (exact) mass is 474 g/mol. The molecule has 35 heavy (non-hydrogen) atoms. The molecule has 5 rings (SSSR count). The van der Waals surface area contributed by atoms with E-state index in [2.05, 4.69) is 27.4 Å². The van der Waals surface area contributed by atoms with Gasteiger partial charge in [-0.2, -0.15) is 15.5 Å². The number of methoxy groups -OCH3 is 1. The average Bonchev–Trinajstić information content (AvgIpc) is 3.43. The second-order valence-electron chi connectivity index (χ2n) is 9.62. The Kier molecular flexibility index (Phi) is 6.28. The number of likely N-dealkylation sites (tertiary alicyclic amines) is 2. The van der Waals surface area contributed by atoms with Crippen molar-refractivity contribution in [2.75, 3.05) is 60.5 Å². The molecule has 0 radical (unpaired) electrons. The Morgan fingerprint density at radius 1 is 1.20 bits per heavy atom. The fourth-order valence-corrected chi connectivity index (χ4v) is 4.73. The number of nitriles is 1. The van der Waals surface area contributed by atoms with Crippen LogP contribution in [-0.2, 0) is 4.79 Å². The van der Waals surface area contributed by atoms with Gasteiger partial charge >= 0.3 is 0 Å². The van der Waals surface area contributed by atoms with E-state index < -0.39 is 0 Å². The molecule has 0 unspecified atom stereocenters. The van der Waals surface area contributed by atoms with E-state index >= 15 is 0 Å². The molecule has 3 aromatic rings. The maximum atomic E-state index is 12.2. The number of hydrogen-bond donors (Lipinski definition) is 0. The first-order valence-electron chi connectivity index (χ1n) is 11.8. The molecule has 0 saturated carbocycles. The molecule has 2 aliphatic rings.